The van der Waals surface area contributed by atoms with Crippen LogP contribution >= 0.6 is 0 Å². The smallest absolute Gasteiger partial charge is 0.241 e. The average Bonchev–Trinajstić information content (AvgIpc) is 2.65. The predicted octanol–water partition coefficient (Wildman–Crippen LogP) is 2.38. The highest BCUT2D eigenvalue weighted by molar-refractivity contribution is 5.84. The Hall–Kier alpha value is -0.610. The second-order valence-corrected chi connectivity index (χ2v) is 5.92. The van der Waals surface area contributed by atoms with Gasteiger partial charge in [-0.15, -0.1) is 0 Å². The second-order valence-electron chi connectivity index (χ2n) is 5.92. The molecule has 1 saturated heterocycles. The quantitative estimate of drug-likeness (QED) is 0.736. The largest absolute Gasteiger partial charge is 0.383 e. The lowest BCUT2D eigenvalue weighted by Gasteiger charge is -2.31. The van der Waals surface area contributed by atoms with Gasteiger partial charge in [0.2, 0.25) is 5.91 Å². The molecule has 0 aliphatic carbocycles. The van der Waals surface area contributed by atoms with E-state index in [1.807, 2.05) is 4.90 Å². The number of hydrogen-bond acceptors (Lipinski definition) is 3. The fourth-order valence-corrected chi connectivity index (χ4v) is 2.93. The third kappa shape index (κ3) is 4.18. The molecule has 1 rings (SSSR count). The van der Waals surface area contributed by atoms with Gasteiger partial charge in [0, 0.05) is 7.11 Å². The topological polar surface area (TPSA) is 41.6 Å². The summed E-state index contributed by atoms with van der Waals surface area (Å²) < 4.78 is 5.30. The number of nitrogens with zero attached hydrogens (tertiary/aromatic N) is 1. The van der Waals surface area contributed by atoms with Gasteiger partial charge < -0.3 is 9.64 Å². The Morgan fingerprint density at radius 2 is 2.05 bits per heavy atom. The predicted molar refractivity (Wildman–Crippen MR) is 77.9 cm³/mol. The van der Waals surface area contributed by atoms with Crippen molar-refractivity contribution in [2.45, 2.75) is 71.6 Å². The van der Waals surface area contributed by atoms with Crippen LogP contribution in [0, 0.1) is 5.92 Å². The third-order valence-electron chi connectivity index (χ3n) is 3.75. The monoisotopic (exact) mass is 270 g/mol. The van der Waals surface area contributed by atoms with Crippen molar-refractivity contribution >= 4 is 5.91 Å². The first kappa shape index (κ1) is 16.4. The van der Waals surface area contributed by atoms with E-state index in [0.29, 0.717) is 12.5 Å². The summed E-state index contributed by atoms with van der Waals surface area (Å²) in [5.41, 5.74) is 0. The first-order valence-corrected chi connectivity index (χ1v) is 7.62. The van der Waals surface area contributed by atoms with E-state index in [1.165, 1.54) is 0 Å². The van der Waals surface area contributed by atoms with Crippen LogP contribution in [0.1, 0.15) is 53.4 Å². The van der Waals surface area contributed by atoms with E-state index in [4.69, 9.17) is 4.74 Å². The van der Waals surface area contributed by atoms with Gasteiger partial charge in [-0.25, -0.2) is 0 Å². The molecular weight excluding hydrogens is 240 g/mol. The van der Waals surface area contributed by atoms with Crippen LogP contribution in [0.4, 0.5) is 0 Å². The van der Waals surface area contributed by atoms with E-state index in [-0.39, 0.29) is 24.2 Å². The van der Waals surface area contributed by atoms with Crippen molar-refractivity contribution in [1.82, 2.24) is 10.2 Å². The molecule has 0 spiro atoms. The molecule has 1 aliphatic heterocycles. The van der Waals surface area contributed by atoms with E-state index in [2.05, 4.69) is 33.0 Å². The Labute approximate surface area is 117 Å². The van der Waals surface area contributed by atoms with Gasteiger partial charge >= 0.3 is 0 Å². The number of ether oxygens (including phenoxy) is 1. The minimum Gasteiger partial charge on any atom is -0.383 e. The lowest BCUT2D eigenvalue weighted by molar-refractivity contribution is -0.134. The molecule has 0 aromatic heterocycles. The molecule has 3 unspecified atom stereocenters. The molecule has 19 heavy (non-hydrogen) atoms. The van der Waals surface area contributed by atoms with Crippen molar-refractivity contribution < 1.29 is 9.53 Å². The molecule has 0 aromatic carbocycles. The summed E-state index contributed by atoms with van der Waals surface area (Å²) in [5.74, 6) is 0.794. The van der Waals surface area contributed by atoms with Gasteiger partial charge in [-0.3, -0.25) is 10.1 Å². The molecule has 1 heterocycles. The highest BCUT2D eigenvalue weighted by Gasteiger charge is 2.41. The van der Waals surface area contributed by atoms with Crippen molar-refractivity contribution in [3.05, 3.63) is 0 Å². The van der Waals surface area contributed by atoms with Gasteiger partial charge in [0.05, 0.1) is 24.9 Å². The number of hydrogen-bond donors (Lipinski definition) is 1. The van der Waals surface area contributed by atoms with Crippen LogP contribution in [0.2, 0.25) is 0 Å². The first-order chi connectivity index (χ1) is 9.04. The maximum absolute atomic E-state index is 12.6. The molecule has 0 saturated carbocycles. The summed E-state index contributed by atoms with van der Waals surface area (Å²) >= 11 is 0. The van der Waals surface area contributed by atoms with Crippen LogP contribution in [0.3, 0.4) is 0 Å². The number of amides is 1. The lowest BCUT2D eigenvalue weighted by atomic mass is 10.0. The van der Waals surface area contributed by atoms with Crippen LogP contribution in [0.5, 0.6) is 0 Å². The number of carbonyl (C=O) groups is 1. The molecule has 3 atom stereocenters. The zero-order valence-corrected chi connectivity index (χ0v) is 13.1. The summed E-state index contributed by atoms with van der Waals surface area (Å²) in [6, 6.07) is 0.193. The molecule has 0 aromatic rings. The van der Waals surface area contributed by atoms with E-state index >= 15 is 0 Å². The number of methoxy groups -OCH3 is 1. The standard InChI is InChI=1S/C15H30N2O2/c1-6-8-12(10-19-5)17-14(7-2)16-13(15(17)18)9-11(3)4/h11-14,16H,6-10H2,1-5H3. The van der Waals surface area contributed by atoms with Crippen molar-refractivity contribution in [2.24, 2.45) is 5.92 Å². The van der Waals surface area contributed by atoms with Gasteiger partial charge in [0.25, 0.3) is 0 Å². The van der Waals surface area contributed by atoms with Gasteiger partial charge in [-0.1, -0.05) is 34.1 Å². The Kier molecular flexibility index (Phi) is 6.80. The van der Waals surface area contributed by atoms with Crippen LogP contribution in [-0.2, 0) is 9.53 Å². The van der Waals surface area contributed by atoms with Gasteiger partial charge in [0.1, 0.15) is 0 Å². The van der Waals surface area contributed by atoms with E-state index in [0.717, 1.165) is 25.7 Å². The van der Waals surface area contributed by atoms with Gasteiger partial charge in [0.15, 0.2) is 0 Å². The minimum atomic E-state index is -0.0128. The normalized spacial score (nSPS) is 25.4. The number of carbonyl (C=O) groups excluding carboxylic acids is 1. The molecule has 1 N–H and O–H groups in total. The number of rotatable bonds is 8. The summed E-state index contributed by atoms with van der Waals surface area (Å²) in [6.45, 7) is 9.25. The SMILES string of the molecule is CCCC(COC)N1C(=O)C(CC(C)C)NC1CC. The molecule has 0 bridgehead atoms. The van der Waals surface area contributed by atoms with Crippen molar-refractivity contribution in [1.29, 1.82) is 0 Å². The van der Waals surface area contributed by atoms with Crippen LogP contribution in [-0.4, -0.2) is 42.8 Å². The average molecular weight is 270 g/mol. The molecule has 0 radical (unpaired) electrons. The summed E-state index contributed by atoms with van der Waals surface area (Å²) in [6.07, 6.45) is 4.11. The maximum atomic E-state index is 12.6. The van der Waals surface area contributed by atoms with Crippen LogP contribution in [0.15, 0.2) is 0 Å². The first-order valence-electron chi connectivity index (χ1n) is 7.62. The Morgan fingerprint density at radius 3 is 2.53 bits per heavy atom. The fourth-order valence-electron chi connectivity index (χ4n) is 2.93. The Balaban J connectivity index is 2.80. The Morgan fingerprint density at radius 1 is 1.37 bits per heavy atom. The van der Waals surface area contributed by atoms with Gasteiger partial charge in [-0.05, 0) is 25.2 Å². The lowest BCUT2D eigenvalue weighted by Crippen LogP contribution is -2.46. The summed E-state index contributed by atoms with van der Waals surface area (Å²) in [5, 5.41) is 3.49. The highest BCUT2D eigenvalue weighted by atomic mass is 16.5. The van der Waals surface area contributed by atoms with Gasteiger partial charge in [-0.2, -0.15) is 0 Å². The van der Waals surface area contributed by atoms with Crippen molar-refractivity contribution in [3.63, 3.8) is 0 Å². The van der Waals surface area contributed by atoms with E-state index in [9.17, 15) is 4.79 Å². The molecular formula is C15H30N2O2. The minimum absolute atomic E-state index is 0.0128. The molecule has 112 valence electrons. The number of nitrogens with one attached hydrogen (secondary N) is 1. The third-order valence-corrected chi connectivity index (χ3v) is 3.75. The molecule has 4 nitrogen and oxygen atoms in total. The second kappa shape index (κ2) is 7.85. The molecule has 1 aliphatic rings. The fraction of sp³-hybridized carbons (Fsp3) is 0.933. The van der Waals surface area contributed by atoms with Crippen molar-refractivity contribution in [3.8, 4) is 0 Å². The van der Waals surface area contributed by atoms with Crippen molar-refractivity contribution in [2.75, 3.05) is 13.7 Å². The zero-order chi connectivity index (χ0) is 14.4. The summed E-state index contributed by atoms with van der Waals surface area (Å²) in [4.78, 5) is 14.7. The maximum Gasteiger partial charge on any atom is 0.241 e. The Bertz CT molecular complexity index is 275. The highest BCUT2D eigenvalue weighted by Crippen LogP contribution is 2.23. The van der Waals surface area contributed by atoms with E-state index in [1.54, 1.807) is 7.11 Å². The van der Waals surface area contributed by atoms with Crippen LogP contribution in [0.25, 0.3) is 0 Å². The summed E-state index contributed by atoms with van der Waals surface area (Å²) in [7, 11) is 1.71. The molecule has 4 heteroatoms. The molecule has 1 fully saturated rings. The molecule has 1 amide bonds. The van der Waals surface area contributed by atoms with Crippen LogP contribution < -0.4 is 5.32 Å². The zero-order valence-electron chi connectivity index (χ0n) is 13.1. The van der Waals surface area contributed by atoms with E-state index < -0.39 is 0 Å².